The van der Waals surface area contributed by atoms with Crippen LogP contribution in [0.4, 0.5) is 5.69 Å². The third-order valence-electron chi connectivity index (χ3n) is 3.22. The Labute approximate surface area is 141 Å². The minimum atomic E-state index is -0.546. The van der Waals surface area contributed by atoms with Gasteiger partial charge in [0.1, 0.15) is 0 Å². The summed E-state index contributed by atoms with van der Waals surface area (Å²) in [4.78, 5) is 35.0. The van der Waals surface area contributed by atoms with E-state index in [9.17, 15) is 14.4 Å². The predicted molar refractivity (Wildman–Crippen MR) is 89.6 cm³/mol. The summed E-state index contributed by atoms with van der Waals surface area (Å²) < 4.78 is 9.91. The zero-order valence-corrected chi connectivity index (χ0v) is 14.2. The number of carbonyl (C=O) groups excluding carboxylic acids is 3. The minimum Gasteiger partial charge on any atom is -0.354 e. The van der Waals surface area contributed by atoms with Gasteiger partial charge in [-0.2, -0.15) is 0 Å². The van der Waals surface area contributed by atoms with E-state index in [1.54, 1.807) is 24.3 Å². The van der Waals surface area contributed by atoms with E-state index in [1.807, 2.05) is 0 Å². The van der Waals surface area contributed by atoms with E-state index in [0.717, 1.165) is 0 Å². The molecule has 1 rings (SSSR count). The van der Waals surface area contributed by atoms with Gasteiger partial charge in [0.15, 0.2) is 12.1 Å². The number of ketones is 1. The first kappa shape index (κ1) is 19.5. The monoisotopic (exact) mass is 334 g/mol. The lowest BCUT2D eigenvalue weighted by molar-refractivity contribution is -0.124. The molecular formula is C17H22N2O5. The molecule has 0 bridgehead atoms. The Kier molecular flexibility index (Phi) is 7.81. The first-order valence-electron chi connectivity index (χ1n) is 7.31. The Bertz CT molecular complexity index is 618. The molecule has 0 radical (unpaired) electrons. The van der Waals surface area contributed by atoms with Crippen LogP contribution in [-0.2, 0) is 19.1 Å². The van der Waals surface area contributed by atoms with Gasteiger partial charge in [0.25, 0.3) is 0 Å². The van der Waals surface area contributed by atoms with E-state index >= 15 is 0 Å². The van der Waals surface area contributed by atoms with Crippen molar-refractivity contribution < 1.29 is 23.9 Å². The molecule has 0 saturated carbocycles. The number of ether oxygens (including phenoxy) is 2. The fourth-order valence-electron chi connectivity index (χ4n) is 1.81. The van der Waals surface area contributed by atoms with Crippen LogP contribution >= 0.6 is 0 Å². The Morgan fingerprint density at radius 2 is 1.67 bits per heavy atom. The molecule has 0 spiro atoms. The van der Waals surface area contributed by atoms with Crippen LogP contribution in [0.1, 0.15) is 24.2 Å². The maximum absolute atomic E-state index is 11.9. The fraction of sp³-hybridized carbons (Fsp3) is 0.353. The molecule has 1 aromatic carbocycles. The number of rotatable bonds is 8. The standard InChI is InChI=1S/C17H22N2O5/c1-11(17(22)18-10-16(23-3)24-4)9-15(21)19-14-7-5-13(6-8-14)12(2)20/h5-9,16H,10H2,1-4H3,(H,18,22)(H,19,21)/b11-9+. The quantitative estimate of drug-likeness (QED) is 0.427. The van der Waals surface area contributed by atoms with Crippen molar-refractivity contribution in [2.24, 2.45) is 0 Å². The maximum Gasteiger partial charge on any atom is 0.248 e. The predicted octanol–water partition coefficient (Wildman–Crippen LogP) is 1.51. The number of Topliss-reactive ketones (excluding diaryl/α,β-unsaturated/α-hetero) is 1. The van der Waals surface area contributed by atoms with Crippen LogP contribution in [0.15, 0.2) is 35.9 Å². The van der Waals surface area contributed by atoms with E-state index in [2.05, 4.69) is 10.6 Å². The zero-order valence-electron chi connectivity index (χ0n) is 14.2. The molecule has 0 aliphatic carbocycles. The SMILES string of the molecule is COC(CNC(=O)/C(C)=C/C(=O)Nc1ccc(C(C)=O)cc1)OC. The fourth-order valence-corrected chi connectivity index (χ4v) is 1.81. The molecule has 0 saturated heterocycles. The summed E-state index contributed by atoms with van der Waals surface area (Å²) in [7, 11) is 2.93. The summed E-state index contributed by atoms with van der Waals surface area (Å²) in [5, 5.41) is 5.22. The number of carbonyl (C=O) groups is 3. The van der Waals surface area contributed by atoms with Gasteiger partial charge in [-0.05, 0) is 38.1 Å². The van der Waals surface area contributed by atoms with Gasteiger partial charge in [-0.15, -0.1) is 0 Å². The lowest BCUT2D eigenvalue weighted by atomic mass is 10.1. The summed E-state index contributed by atoms with van der Waals surface area (Å²) >= 11 is 0. The second kappa shape index (κ2) is 9.59. The van der Waals surface area contributed by atoms with Crippen molar-refractivity contribution >= 4 is 23.3 Å². The maximum atomic E-state index is 11.9. The normalized spacial score (nSPS) is 11.3. The molecule has 0 heterocycles. The minimum absolute atomic E-state index is 0.0503. The highest BCUT2D eigenvalue weighted by molar-refractivity contribution is 6.06. The van der Waals surface area contributed by atoms with Gasteiger partial charge < -0.3 is 20.1 Å². The Hall–Kier alpha value is -2.51. The molecule has 7 heteroatoms. The van der Waals surface area contributed by atoms with Crippen molar-refractivity contribution in [1.29, 1.82) is 0 Å². The van der Waals surface area contributed by atoms with Crippen LogP contribution in [-0.4, -0.2) is 44.7 Å². The molecular weight excluding hydrogens is 312 g/mol. The van der Waals surface area contributed by atoms with E-state index in [4.69, 9.17) is 9.47 Å². The van der Waals surface area contributed by atoms with Crippen LogP contribution in [0.3, 0.4) is 0 Å². The lowest BCUT2D eigenvalue weighted by Crippen LogP contribution is -2.34. The summed E-state index contributed by atoms with van der Waals surface area (Å²) in [6, 6.07) is 6.49. The molecule has 0 fully saturated rings. The van der Waals surface area contributed by atoms with Crippen molar-refractivity contribution in [3.63, 3.8) is 0 Å². The summed E-state index contributed by atoms with van der Waals surface area (Å²) in [6.07, 6.45) is 0.651. The first-order valence-corrected chi connectivity index (χ1v) is 7.31. The number of anilines is 1. The van der Waals surface area contributed by atoms with Crippen molar-refractivity contribution in [1.82, 2.24) is 5.32 Å². The van der Waals surface area contributed by atoms with Crippen molar-refractivity contribution in [2.75, 3.05) is 26.1 Å². The molecule has 0 aliphatic rings. The Morgan fingerprint density at radius 3 is 2.17 bits per heavy atom. The van der Waals surface area contributed by atoms with Crippen LogP contribution in [0.5, 0.6) is 0 Å². The first-order chi connectivity index (χ1) is 11.4. The van der Waals surface area contributed by atoms with E-state index in [-0.39, 0.29) is 17.9 Å². The number of hydrogen-bond donors (Lipinski definition) is 2. The van der Waals surface area contributed by atoms with Crippen LogP contribution in [0, 0.1) is 0 Å². The van der Waals surface area contributed by atoms with E-state index in [1.165, 1.54) is 34.1 Å². The van der Waals surface area contributed by atoms with E-state index < -0.39 is 18.1 Å². The summed E-state index contributed by atoms with van der Waals surface area (Å²) in [5.41, 5.74) is 1.34. The third-order valence-corrected chi connectivity index (χ3v) is 3.22. The summed E-state index contributed by atoms with van der Waals surface area (Å²) in [6.45, 7) is 3.17. The third kappa shape index (κ3) is 6.31. The highest BCUT2D eigenvalue weighted by Crippen LogP contribution is 2.10. The van der Waals surface area contributed by atoms with Gasteiger partial charge in [0.2, 0.25) is 11.8 Å². The van der Waals surface area contributed by atoms with Crippen molar-refractivity contribution in [3.05, 3.63) is 41.5 Å². The van der Waals surface area contributed by atoms with Gasteiger partial charge >= 0.3 is 0 Å². The highest BCUT2D eigenvalue weighted by Gasteiger charge is 2.10. The molecule has 0 unspecified atom stereocenters. The molecule has 2 amide bonds. The van der Waals surface area contributed by atoms with Gasteiger partial charge in [-0.25, -0.2) is 0 Å². The van der Waals surface area contributed by atoms with Crippen LogP contribution in [0.25, 0.3) is 0 Å². The summed E-state index contributed by atoms with van der Waals surface area (Å²) in [5.74, 6) is -0.879. The smallest absolute Gasteiger partial charge is 0.248 e. The van der Waals surface area contributed by atoms with Crippen LogP contribution in [0.2, 0.25) is 0 Å². The Balaban J connectivity index is 2.59. The Morgan fingerprint density at radius 1 is 1.08 bits per heavy atom. The van der Waals surface area contributed by atoms with Gasteiger partial charge in [0.05, 0.1) is 6.54 Å². The van der Waals surface area contributed by atoms with Crippen LogP contribution < -0.4 is 10.6 Å². The van der Waals surface area contributed by atoms with Gasteiger partial charge in [-0.3, -0.25) is 14.4 Å². The largest absolute Gasteiger partial charge is 0.354 e. The topological polar surface area (TPSA) is 93.7 Å². The lowest BCUT2D eigenvalue weighted by Gasteiger charge is -2.14. The molecule has 0 aliphatic heterocycles. The number of hydrogen-bond acceptors (Lipinski definition) is 5. The molecule has 7 nitrogen and oxygen atoms in total. The second-order valence-electron chi connectivity index (χ2n) is 5.06. The molecule has 130 valence electrons. The number of benzene rings is 1. The molecule has 0 atom stereocenters. The van der Waals surface area contributed by atoms with Gasteiger partial charge in [0, 0.05) is 37.1 Å². The molecule has 1 aromatic rings. The molecule has 0 aromatic heterocycles. The molecule has 24 heavy (non-hydrogen) atoms. The van der Waals surface area contributed by atoms with Crippen molar-refractivity contribution in [3.8, 4) is 0 Å². The van der Waals surface area contributed by atoms with Crippen molar-refractivity contribution in [2.45, 2.75) is 20.1 Å². The molecule has 2 N–H and O–H groups in total. The van der Waals surface area contributed by atoms with E-state index in [0.29, 0.717) is 11.3 Å². The van der Waals surface area contributed by atoms with Gasteiger partial charge in [-0.1, -0.05) is 0 Å². The number of methoxy groups -OCH3 is 2. The number of nitrogens with one attached hydrogen (secondary N) is 2. The zero-order chi connectivity index (χ0) is 18.1. The number of amides is 2. The average molecular weight is 334 g/mol. The average Bonchev–Trinajstić information content (AvgIpc) is 2.55. The second-order valence-corrected chi connectivity index (χ2v) is 5.06. The highest BCUT2D eigenvalue weighted by atomic mass is 16.7.